The molecule has 2 N–H and O–H groups in total. The largest absolute Gasteiger partial charge is 0.492 e. The van der Waals surface area contributed by atoms with E-state index in [4.69, 9.17) is 4.74 Å². The minimum atomic E-state index is -3.76. The molecule has 33 heavy (non-hydrogen) atoms. The second-order valence-electron chi connectivity index (χ2n) is 7.56. The summed E-state index contributed by atoms with van der Waals surface area (Å²) in [5.41, 5.74) is 0.591. The summed E-state index contributed by atoms with van der Waals surface area (Å²) in [4.78, 5) is 23.0. The Bertz CT molecular complexity index is 1100. The van der Waals surface area contributed by atoms with Crippen molar-refractivity contribution < 1.29 is 22.9 Å². The van der Waals surface area contributed by atoms with Gasteiger partial charge in [-0.2, -0.15) is 4.31 Å². The Labute approximate surface area is 193 Å². The van der Waals surface area contributed by atoms with Crippen LogP contribution in [0.4, 0.5) is 17.1 Å². The number of nitro benzene ring substituents is 1. The second kappa shape index (κ2) is 11.1. The van der Waals surface area contributed by atoms with E-state index < -0.39 is 14.9 Å². The maximum atomic E-state index is 13.2. The number of anilines is 2. The molecule has 2 aromatic rings. The van der Waals surface area contributed by atoms with Gasteiger partial charge in [-0.15, -0.1) is 0 Å². The van der Waals surface area contributed by atoms with Gasteiger partial charge < -0.3 is 15.4 Å². The van der Waals surface area contributed by atoms with E-state index in [2.05, 4.69) is 10.6 Å². The monoisotopic (exact) mass is 476 g/mol. The zero-order valence-electron chi connectivity index (χ0n) is 18.5. The fourth-order valence-electron chi connectivity index (χ4n) is 3.62. The number of carbonyl (C=O) groups is 1. The van der Waals surface area contributed by atoms with Gasteiger partial charge in [0.25, 0.3) is 5.69 Å². The maximum absolute atomic E-state index is 13.2. The lowest BCUT2D eigenvalue weighted by atomic mass is 10.2. The van der Waals surface area contributed by atoms with Crippen LogP contribution in [0.1, 0.15) is 32.6 Å². The Morgan fingerprint density at radius 3 is 2.58 bits per heavy atom. The van der Waals surface area contributed by atoms with Crippen LogP contribution in [0.3, 0.4) is 0 Å². The van der Waals surface area contributed by atoms with Crippen molar-refractivity contribution in [1.29, 1.82) is 0 Å². The maximum Gasteiger partial charge on any atom is 0.292 e. The van der Waals surface area contributed by atoms with Crippen molar-refractivity contribution in [3.8, 4) is 5.75 Å². The molecule has 0 saturated carbocycles. The van der Waals surface area contributed by atoms with Crippen molar-refractivity contribution in [1.82, 2.24) is 4.31 Å². The van der Waals surface area contributed by atoms with E-state index in [1.165, 1.54) is 16.4 Å². The van der Waals surface area contributed by atoms with Gasteiger partial charge >= 0.3 is 0 Å². The zero-order valence-corrected chi connectivity index (χ0v) is 19.3. The number of benzene rings is 2. The lowest BCUT2D eigenvalue weighted by molar-refractivity contribution is -0.384. The van der Waals surface area contributed by atoms with Gasteiger partial charge in [-0.25, -0.2) is 8.42 Å². The summed E-state index contributed by atoms with van der Waals surface area (Å²) in [5.74, 6) is -0.106. The van der Waals surface area contributed by atoms with Crippen LogP contribution in [0, 0.1) is 10.1 Å². The fraction of sp³-hybridized carbons (Fsp3) is 0.409. The Morgan fingerprint density at radius 1 is 1.15 bits per heavy atom. The third kappa shape index (κ3) is 6.20. The van der Waals surface area contributed by atoms with E-state index in [0.717, 1.165) is 19.3 Å². The van der Waals surface area contributed by atoms with Crippen LogP contribution in [0.25, 0.3) is 0 Å². The molecule has 0 aliphatic carbocycles. The van der Waals surface area contributed by atoms with Crippen LogP contribution >= 0.6 is 0 Å². The van der Waals surface area contributed by atoms with Crippen molar-refractivity contribution >= 4 is 33.0 Å². The van der Waals surface area contributed by atoms with Crippen molar-refractivity contribution in [2.45, 2.75) is 37.5 Å². The van der Waals surface area contributed by atoms with Gasteiger partial charge in [-0.05, 0) is 44.0 Å². The van der Waals surface area contributed by atoms with Crippen LogP contribution in [-0.4, -0.2) is 49.8 Å². The highest BCUT2D eigenvalue weighted by molar-refractivity contribution is 7.89. The summed E-state index contributed by atoms with van der Waals surface area (Å²) in [5, 5.41) is 16.7. The molecule has 10 nitrogen and oxygen atoms in total. The van der Waals surface area contributed by atoms with E-state index in [0.29, 0.717) is 31.1 Å². The minimum Gasteiger partial charge on any atom is -0.492 e. The lowest BCUT2D eigenvalue weighted by Gasteiger charge is -2.27. The predicted molar refractivity (Wildman–Crippen MR) is 125 cm³/mol. The molecule has 1 aliphatic rings. The quantitative estimate of drug-likeness (QED) is 0.396. The number of carbonyl (C=O) groups excluding carboxylic acids is 1. The highest BCUT2D eigenvalue weighted by Gasteiger charge is 2.29. The first-order chi connectivity index (χ1) is 15.8. The first-order valence-electron chi connectivity index (χ1n) is 10.9. The number of nitro groups is 1. The topological polar surface area (TPSA) is 131 Å². The molecule has 11 heteroatoms. The Hall–Kier alpha value is -3.18. The number of rotatable bonds is 10. The van der Waals surface area contributed by atoms with Gasteiger partial charge in [0.05, 0.1) is 11.5 Å². The molecule has 1 amide bonds. The van der Waals surface area contributed by atoms with Gasteiger partial charge in [0.1, 0.15) is 16.3 Å². The number of hydrogen-bond donors (Lipinski definition) is 2. The van der Waals surface area contributed by atoms with Crippen molar-refractivity contribution in [3.05, 3.63) is 52.6 Å². The number of piperidine rings is 1. The number of nitrogens with one attached hydrogen (secondary N) is 2. The molecular weight excluding hydrogens is 448 g/mol. The van der Waals surface area contributed by atoms with E-state index in [1.54, 1.807) is 37.3 Å². The predicted octanol–water partition coefficient (Wildman–Crippen LogP) is 3.61. The van der Waals surface area contributed by atoms with E-state index in [1.807, 2.05) is 0 Å². The van der Waals surface area contributed by atoms with Crippen LogP contribution in [0.15, 0.2) is 47.4 Å². The molecule has 1 saturated heterocycles. The SMILES string of the molecule is CCOc1ccc(NC(=O)CCNc2ccccc2[N+](=O)[O-])cc1S(=O)(=O)N1CCCCC1. The minimum absolute atomic E-state index is 0.0297. The standard InChI is InChI=1S/C22H28N4O6S/c1-2-32-20-11-10-17(16-21(20)33(30,31)25-14-6-3-7-15-25)24-22(27)12-13-23-18-8-4-5-9-19(18)26(28)29/h4-5,8-11,16,23H,2-3,6-7,12-15H2,1H3,(H,24,27). The van der Waals surface area contributed by atoms with E-state index in [-0.39, 0.29) is 35.2 Å². The molecule has 0 atom stereocenters. The molecule has 1 heterocycles. The normalized spacial score (nSPS) is 14.5. The van der Waals surface area contributed by atoms with E-state index in [9.17, 15) is 23.3 Å². The highest BCUT2D eigenvalue weighted by Crippen LogP contribution is 2.31. The third-order valence-corrected chi connectivity index (χ3v) is 7.15. The molecule has 1 fully saturated rings. The van der Waals surface area contributed by atoms with Gasteiger partial charge in [0.15, 0.2) is 0 Å². The summed E-state index contributed by atoms with van der Waals surface area (Å²) >= 11 is 0. The number of nitrogens with zero attached hydrogens (tertiary/aromatic N) is 2. The van der Waals surface area contributed by atoms with Crippen molar-refractivity contribution in [3.63, 3.8) is 0 Å². The van der Waals surface area contributed by atoms with Gasteiger partial charge in [-0.3, -0.25) is 14.9 Å². The summed E-state index contributed by atoms with van der Waals surface area (Å²) in [6.45, 7) is 3.18. The van der Waals surface area contributed by atoms with Crippen molar-refractivity contribution in [2.75, 3.05) is 36.9 Å². The van der Waals surface area contributed by atoms with Crippen LogP contribution in [-0.2, 0) is 14.8 Å². The number of ether oxygens (including phenoxy) is 1. The summed E-state index contributed by atoms with van der Waals surface area (Å²) in [6, 6.07) is 10.7. The molecular formula is C22H28N4O6S. The molecule has 1 aliphatic heterocycles. The molecule has 0 spiro atoms. The number of hydrogen-bond acceptors (Lipinski definition) is 7. The van der Waals surface area contributed by atoms with Crippen LogP contribution in [0.5, 0.6) is 5.75 Å². The molecule has 3 rings (SSSR count). The molecule has 178 valence electrons. The average Bonchev–Trinajstić information content (AvgIpc) is 2.81. The highest BCUT2D eigenvalue weighted by atomic mass is 32.2. The lowest BCUT2D eigenvalue weighted by Crippen LogP contribution is -2.35. The Kier molecular flexibility index (Phi) is 8.23. The average molecular weight is 477 g/mol. The van der Waals surface area contributed by atoms with E-state index >= 15 is 0 Å². The van der Waals surface area contributed by atoms with Gasteiger partial charge in [-0.1, -0.05) is 18.6 Å². The smallest absolute Gasteiger partial charge is 0.292 e. The molecule has 0 unspecified atom stereocenters. The first kappa shape index (κ1) is 24.5. The Balaban J connectivity index is 1.69. The molecule has 0 radical (unpaired) electrons. The summed E-state index contributed by atoms with van der Waals surface area (Å²) in [6.07, 6.45) is 2.66. The van der Waals surface area contributed by atoms with Gasteiger partial charge in [0.2, 0.25) is 15.9 Å². The fourth-order valence-corrected chi connectivity index (χ4v) is 5.30. The summed E-state index contributed by atoms with van der Waals surface area (Å²) < 4.78 is 33.4. The van der Waals surface area contributed by atoms with Gasteiger partial charge in [0, 0.05) is 37.8 Å². The summed E-state index contributed by atoms with van der Waals surface area (Å²) in [7, 11) is -3.76. The zero-order chi connectivity index (χ0) is 23.8. The number of para-hydroxylation sites is 2. The first-order valence-corrected chi connectivity index (χ1v) is 12.3. The van der Waals surface area contributed by atoms with Crippen molar-refractivity contribution in [2.24, 2.45) is 0 Å². The molecule has 2 aromatic carbocycles. The van der Waals surface area contributed by atoms with Crippen LogP contribution in [0.2, 0.25) is 0 Å². The second-order valence-corrected chi connectivity index (χ2v) is 9.46. The third-order valence-electron chi connectivity index (χ3n) is 5.23. The number of amides is 1. The molecule has 0 aromatic heterocycles. The Morgan fingerprint density at radius 2 is 1.88 bits per heavy atom. The number of sulfonamides is 1. The molecule has 0 bridgehead atoms. The van der Waals surface area contributed by atoms with Crippen LogP contribution < -0.4 is 15.4 Å².